The van der Waals surface area contributed by atoms with E-state index in [9.17, 15) is 4.79 Å². The summed E-state index contributed by atoms with van der Waals surface area (Å²) in [5.74, 6) is 0. The van der Waals surface area contributed by atoms with Crippen LogP contribution >= 0.6 is 0 Å². The molecule has 0 atom stereocenters. The monoisotopic (exact) mass is 197 g/mol. The molecule has 0 aliphatic rings. The lowest BCUT2D eigenvalue weighted by Gasteiger charge is -1.99. The van der Waals surface area contributed by atoms with Crippen molar-refractivity contribution in [1.82, 2.24) is 4.98 Å². The van der Waals surface area contributed by atoms with Gasteiger partial charge < -0.3 is 4.42 Å². The first-order valence-electron chi connectivity index (χ1n) is 4.61. The van der Waals surface area contributed by atoms with Crippen LogP contribution in [-0.2, 0) is 0 Å². The van der Waals surface area contributed by atoms with E-state index in [1.807, 2.05) is 18.2 Å². The van der Waals surface area contributed by atoms with Gasteiger partial charge in [-0.3, -0.25) is 4.79 Å². The van der Waals surface area contributed by atoms with Crippen LogP contribution in [0.3, 0.4) is 0 Å². The first-order chi connectivity index (χ1) is 7.36. The molecule has 0 saturated heterocycles. The van der Waals surface area contributed by atoms with Gasteiger partial charge in [0, 0.05) is 0 Å². The predicted octanol–water partition coefficient (Wildman–Crippen LogP) is 2.34. The average molecular weight is 197 g/mol. The van der Waals surface area contributed by atoms with E-state index in [4.69, 9.17) is 4.42 Å². The van der Waals surface area contributed by atoms with Crippen molar-refractivity contribution in [2.24, 2.45) is 0 Å². The van der Waals surface area contributed by atoms with Crippen molar-refractivity contribution in [3.8, 4) is 0 Å². The van der Waals surface area contributed by atoms with Crippen LogP contribution in [0.4, 0.5) is 0 Å². The molecule has 0 spiro atoms. The van der Waals surface area contributed by atoms with E-state index in [1.54, 1.807) is 12.3 Å². The summed E-state index contributed by atoms with van der Waals surface area (Å²) in [6, 6.07) is 8.89. The zero-order chi connectivity index (χ0) is 10.3. The maximum Gasteiger partial charge on any atom is 0.190 e. The molecule has 0 aliphatic carbocycles. The van der Waals surface area contributed by atoms with Crippen LogP contribution in [0.15, 0.2) is 52.0 Å². The average Bonchev–Trinajstić information content (AvgIpc) is 2.29. The Morgan fingerprint density at radius 1 is 1.13 bits per heavy atom. The fraction of sp³-hybridized carbons (Fsp3) is 0. The number of hydrogen-bond donors (Lipinski definition) is 0. The Kier molecular flexibility index (Phi) is 1.59. The van der Waals surface area contributed by atoms with Crippen molar-refractivity contribution in [3.05, 3.63) is 53.0 Å². The lowest BCUT2D eigenvalue weighted by Crippen LogP contribution is -1.98. The van der Waals surface area contributed by atoms with Gasteiger partial charge in [-0.05, 0) is 17.5 Å². The molecule has 0 fully saturated rings. The maximum absolute atomic E-state index is 11.7. The Balaban J connectivity index is 2.70. The summed E-state index contributed by atoms with van der Waals surface area (Å²) in [5.41, 5.74) is 1.23. The van der Waals surface area contributed by atoms with Gasteiger partial charge in [-0.1, -0.05) is 18.2 Å². The van der Waals surface area contributed by atoms with Gasteiger partial charge in [0.1, 0.15) is 11.8 Å². The number of fused-ring (bicyclic) bond motifs is 3. The number of nitrogens with zero attached hydrogens (tertiary/aromatic N) is 1. The Hall–Kier alpha value is -2.16. The van der Waals surface area contributed by atoms with Crippen LogP contribution in [0, 0.1) is 0 Å². The van der Waals surface area contributed by atoms with Gasteiger partial charge in [0.2, 0.25) is 0 Å². The van der Waals surface area contributed by atoms with E-state index in [2.05, 4.69) is 4.98 Å². The second kappa shape index (κ2) is 2.92. The molecule has 1 aromatic heterocycles. The molecule has 0 aliphatic heterocycles. The van der Waals surface area contributed by atoms with Gasteiger partial charge in [0.15, 0.2) is 11.0 Å². The molecule has 3 rings (SSSR count). The number of aromatic nitrogens is 1. The smallest absolute Gasteiger partial charge is 0.190 e. The van der Waals surface area contributed by atoms with Crippen LogP contribution in [0.5, 0.6) is 0 Å². The van der Waals surface area contributed by atoms with Crippen LogP contribution in [-0.4, -0.2) is 4.98 Å². The zero-order valence-electron chi connectivity index (χ0n) is 7.81. The molecule has 0 radical (unpaired) electrons. The van der Waals surface area contributed by atoms with Crippen molar-refractivity contribution in [3.63, 3.8) is 0 Å². The molecule has 0 unspecified atom stereocenters. The third kappa shape index (κ3) is 1.13. The first-order valence-corrected chi connectivity index (χ1v) is 4.61. The van der Waals surface area contributed by atoms with Gasteiger partial charge in [0.25, 0.3) is 0 Å². The normalized spacial score (nSPS) is 10.9. The molecule has 1 heterocycles. The number of rotatable bonds is 0. The maximum atomic E-state index is 11.7. The quantitative estimate of drug-likeness (QED) is 0.519. The summed E-state index contributed by atoms with van der Waals surface area (Å²) >= 11 is 0. The van der Waals surface area contributed by atoms with E-state index in [1.165, 1.54) is 12.3 Å². The van der Waals surface area contributed by atoms with Crippen molar-refractivity contribution in [2.45, 2.75) is 0 Å². The molecular weight excluding hydrogens is 190 g/mol. The van der Waals surface area contributed by atoms with Gasteiger partial charge in [-0.15, -0.1) is 0 Å². The molecular formula is C12H7NO2. The third-order valence-corrected chi connectivity index (χ3v) is 2.40. The molecule has 2 aromatic carbocycles. The summed E-state index contributed by atoms with van der Waals surface area (Å²) in [6.45, 7) is 0. The summed E-state index contributed by atoms with van der Waals surface area (Å²) in [4.78, 5) is 15.8. The molecule has 3 nitrogen and oxygen atoms in total. The Morgan fingerprint density at radius 3 is 3.00 bits per heavy atom. The highest BCUT2D eigenvalue weighted by Gasteiger charge is 2.05. The lowest BCUT2D eigenvalue weighted by atomic mass is 10.1. The van der Waals surface area contributed by atoms with Crippen molar-refractivity contribution in [2.75, 3.05) is 0 Å². The SMILES string of the molecule is O=c1cccc2ccc3nccoc3c12. The van der Waals surface area contributed by atoms with Gasteiger partial charge in [-0.2, -0.15) is 0 Å². The second-order valence-electron chi connectivity index (χ2n) is 3.30. The number of hydrogen-bond acceptors (Lipinski definition) is 3. The van der Waals surface area contributed by atoms with Gasteiger partial charge in [0.05, 0.1) is 11.6 Å². The van der Waals surface area contributed by atoms with E-state index in [0.29, 0.717) is 16.5 Å². The minimum Gasteiger partial charge on any atom is -0.460 e. The largest absolute Gasteiger partial charge is 0.460 e. The highest BCUT2D eigenvalue weighted by molar-refractivity contribution is 6.02. The summed E-state index contributed by atoms with van der Waals surface area (Å²) < 4.78 is 5.34. The van der Waals surface area contributed by atoms with Crippen LogP contribution < -0.4 is 5.43 Å². The standard InChI is InChI=1S/C12H7NO2/c14-10-3-1-2-8-4-5-9-12(11(8)10)15-7-6-13-9/h1-7H. The second-order valence-corrected chi connectivity index (χ2v) is 3.30. The minimum atomic E-state index is -0.0325. The molecule has 15 heavy (non-hydrogen) atoms. The van der Waals surface area contributed by atoms with E-state index < -0.39 is 0 Å². The van der Waals surface area contributed by atoms with Crippen LogP contribution in [0.1, 0.15) is 0 Å². The Morgan fingerprint density at radius 2 is 2.07 bits per heavy atom. The predicted molar refractivity (Wildman–Crippen MR) is 57.8 cm³/mol. The molecule has 0 bridgehead atoms. The molecule has 72 valence electrons. The van der Waals surface area contributed by atoms with E-state index >= 15 is 0 Å². The fourth-order valence-corrected chi connectivity index (χ4v) is 1.73. The molecule has 0 amide bonds. The van der Waals surface area contributed by atoms with E-state index in [0.717, 1.165) is 5.39 Å². The fourth-order valence-electron chi connectivity index (χ4n) is 1.73. The topological polar surface area (TPSA) is 43.1 Å². The van der Waals surface area contributed by atoms with Crippen molar-refractivity contribution >= 4 is 21.9 Å². The molecule has 3 aromatic rings. The minimum absolute atomic E-state index is 0.0325. The lowest BCUT2D eigenvalue weighted by molar-refractivity contribution is 0.601. The zero-order valence-corrected chi connectivity index (χ0v) is 7.81. The summed E-state index contributed by atoms with van der Waals surface area (Å²) in [6.07, 6.45) is 3.05. The van der Waals surface area contributed by atoms with Crippen LogP contribution in [0.25, 0.3) is 21.9 Å². The van der Waals surface area contributed by atoms with Gasteiger partial charge in [-0.25, -0.2) is 4.98 Å². The Bertz CT molecular complexity index is 700. The first kappa shape index (κ1) is 8.17. The molecule has 0 saturated carbocycles. The molecule has 0 N–H and O–H groups in total. The summed E-state index contributed by atoms with van der Waals surface area (Å²) in [7, 11) is 0. The van der Waals surface area contributed by atoms with E-state index in [-0.39, 0.29) is 5.43 Å². The van der Waals surface area contributed by atoms with Crippen LogP contribution in [0.2, 0.25) is 0 Å². The highest BCUT2D eigenvalue weighted by atomic mass is 16.3. The third-order valence-electron chi connectivity index (χ3n) is 2.40. The highest BCUT2D eigenvalue weighted by Crippen LogP contribution is 2.20. The molecule has 3 heteroatoms. The van der Waals surface area contributed by atoms with Gasteiger partial charge >= 0.3 is 0 Å². The summed E-state index contributed by atoms with van der Waals surface area (Å²) in [5, 5.41) is 1.48. The number of benzene rings is 2. The van der Waals surface area contributed by atoms with Crippen molar-refractivity contribution < 1.29 is 4.42 Å². The van der Waals surface area contributed by atoms with Crippen molar-refractivity contribution in [1.29, 1.82) is 0 Å². The Labute approximate surface area is 85.0 Å².